The molecule has 0 saturated carbocycles. The Balaban J connectivity index is 2.02. The third-order valence-electron chi connectivity index (χ3n) is 3.49. The first kappa shape index (κ1) is 17.3. The average molecular weight is 318 g/mol. The minimum absolute atomic E-state index is 0.117. The van der Waals surface area contributed by atoms with Gasteiger partial charge in [0, 0.05) is 0 Å². The SMILES string of the molecule is CC(C)(C)OC(=O)N1CC(OCc2ccccc2)C(O)(C#N)C1. The molecular formula is C17H22N2O4. The molecule has 124 valence electrons. The van der Waals surface area contributed by atoms with Gasteiger partial charge in [0.2, 0.25) is 0 Å². The summed E-state index contributed by atoms with van der Waals surface area (Å²) in [6.45, 7) is 5.55. The highest BCUT2D eigenvalue weighted by Gasteiger charge is 2.49. The maximum Gasteiger partial charge on any atom is 0.410 e. The van der Waals surface area contributed by atoms with Gasteiger partial charge < -0.3 is 19.5 Å². The molecule has 1 N–H and O–H groups in total. The molecule has 23 heavy (non-hydrogen) atoms. The van der Waals surface area contributed by atoms with Crippen molar-refractivity contribution in [3.63, 3.8) is 0 Å². The van der Waals surface area contributed by atoms with Gasteiger partial charge in [0.1, 0.15) is 17.8 Å². The van der Waals surface area contributed by atoms with Gasteiger partial charge in [-0.2, -0.15) is 5.26 Å². The molecule has 2 atom stereocenters. The number of nitrogens with zero attached hydrogens (tertiary/aromatic N) is 2. The molecule has 0 radical (unpaired) electrons. The van der Waals surface area contributed by atoms with E-state index in [4.69, 9.17) is 9.47 Å². The van der Waals surface area contributed by atoms with Crippen molar-refractivity contribution in [3.8, 4) is 6.07 Å². The number of carbonyl (C=O) groups is 1. The summed E-state index contributed by atoms with van der Waals surface area (Å²) < 4.78 is 11.0. The zero-order valence-electron chi connectivity index (χ0n) is 13.7. The molecule has 1 aromatic carbocycles. The lowest BCUT2D eigenvalue weighted by Crippen LogP contribution is -2.42. The van der Waals surface area contributed by atoms with Gasteiger partial charge in [0.25, 0.3) is 0 Å². The van der Waals surface area contributed by atoms with Gasteiger partial charge in [-0.1, -0.05) is 30.3 Å². The van der Waals surface area contributed by atoms with Crippen LogP contribution in [0.5, 0.6) is 0 Å². The van der Waals surface area contributed by atoms with E-state index in [0.29, 0.717) is 0 Å². The maximum absolute atomic E-state index is 12.1. The average Bonchev–Trinajstić information content (AvgIpc) is 2.83. The van der Waals surface area contributed by atoms with Crippen LogP contribution in [0.15, 0.2) is 30.3 Å². The molecule has 2 rings (SSSR count). The molecule has 2 unspecified atom stereocenters. The molecule has 0 aliphatic carbocycles. The number of β-amino-alcohol motifs (C(OH)–C–C–N with tert-alkyl or cyclic N) is 1. The highest BCUT2D eigenvalue weighted by Crippen LogP contribution is 2.26. The first-order valence-electron chi connectivity index (χ1n) is 7.50. The Bertz CT molecular complexity index is 591. The van der Waals surface area contributed by atoms with E-state index in [9.17, 15) is 15.2 Å². The molecule has 0 aromatic heterocycles. The molecule has 1 aromatic rings. The number of nitriles is 1. The first-order chi connectivity index (χ1) is 10.7. The second-order valence-electron chi connectivity index (χ2n) is 6.68. The fourth-order valence-corrected chi connectivity index (χ4v) is 2.34. The van der Waals surface area contributed by atoms with E-state index in [1.165, 1.54) is 4.90 Å². The van der Waals surface area contributed by atoms with Crippen LogP contribution in [-0.2, 0) is 16.1 Å². The maximum atomic E-state index is 12.1. The van der Waals surface area contributed by atoms with E-state index < -0.39 is 23.4 Å². The molecule has 1 saturated heterocycles. The summed E-state index contributed by atoms with van der Waals surface area (Å²) >= 11 is 0. The van der Waals surface area contributed by atoms with Gasteiger partial charge in [-0.15, -0.1) is 0 Å². The normalized spacial score (nSPS) is 24.3. The summed E-state index contributed by atoms with van der Waals surface area (Å²) in [5.74, 6) is 0. The number of amides is 1. The lowest BCUT2D eigenvalue weighted by Gasteiger charge is -2.24. The van der Waals surface area contributed by atoms with E-state index >= 15 is 0 Å². The number of ether oxygens (including phenoxy) is 2. The van der Waals surface area contributed by atoms with Gasteiger partial charge in [-0.05, 0) is 26.3 Å². The van der Waals surface area contributed by atoms with Crippen LogP contribution >= 0.6 is 0 Å². The number of likely N-dealkylation sites (tertiary alicyclic amines) is 1. The molecular weight excluding hydrogens is 296 g/mol. The van der Waals surface area contributed by atoms with E-state index in [1.54, 1.807) is 20.8 Å². The molecule has 1 aliphatic heterocycles. The Morgan fingerprint density at radius 1 is 1.43 bits per heavy atom. The van der Waals surface area contributed by atoms with Crippen LogP contribution in [0.3, 0.4) is 0 Å². The van der Waals surface area contributed by atoms with Crippen LogP contribution in [-0.4, -0.2) is 46.5 Å². The van der Waals surface area contributed by atoms with E-state index in [-0.39, 0.29) is 19.7 Å². The number of carbonyl (C=O) groups excluding carboxylic acids is 1. The highest BCUT2D eigenvalue weighted by molar-refractivity contribution is 5.69. The van der Waals surface area contributed by atoms with Gasteiger partial charge in [-0.25, -0.2) is 4.79 Å². The summed E-state index contributed by atoms with van der Waals surface area (Å²) in [5.41, 5.74) is -1.43. The Kier molecular flexibility index (Phi) is 4.93. The minimum atomic E-state index is -1.73. The largest absolute Gasteiger partial charge is 0.444 e. The predicted octanol–water partition coefficient (Wildman–Crippen LogP) is 2.08. The van der Waals surface area contributed by atoms with Crippen molar-refractivity contribution in [1.82, 2.24) is 4.90 Å². The second-order valence-corrected chi connectivity index (χ2v) is 6.68. The number of hydrogen-bond donors (Lipinski definition) is 1. The molecule has 1 amide bonds. The van der Waals surface area contributed by atoms with Crippen molar-refractivity contribution in [2.24, 2.45) is 0 Å². The lowest BCUT2D eigenvalue weighted by molar-refractivity contribution is -0.0530. The summed E-state index contributed by atoms with van der Waals surface area (Å²) in [5, 5.41) is 19.7. The van der Waals surface area contributed by atoms with Gasteiger partial charge in [0.05, 0.1) is 19.7 Å². The minimum Gasteiger partial charge on any atom is -0.444 e. The molecule has 1 fully saturated rings. The van der Waals surface area contributed by atoms with Gasteiger partial charge in [0.15, 0.2) is 5.60 Å². The van der Waals surface area contributed by atoms with E-state index in [0.717, 1.165) is 5.56 Å². The Labute approximate surface area is 136 Å². The third-order valence-corrected chi connectivity index (χ3v) is 3.49. The van der Waals surface area contributed by atoms with Crippen molar-refractivity contribution in [2.45, 2.75) is 44.7 Å². The topological polar surface area (TPSA) is 82.8 Å². The summed E-state index contributed by atoms with van der Waals surface area (Å²) in [4.78, 5) is 13.4. The Morgan fingerprint density at radius 3 is 2.65 bits per heavy atom. The van der Waals surface area contributed by atoms with Crippen molar-refractivity contribution in [2.75, 3.05) is 13.1 Å². The molecule has 6 heteroatoms. The smallest absolute Gasteiger partial charge is 0.410 e. The van der Waals surface area contributed by atoms with Gasteiger partial charge >= 0.3 is 6.09 Å². The summed E-state index contributed by atoms with van der Waals surface area (Å²) in [7, 11) is 0. The highest BCUT2D eigenvalue weighted by atomic mass is 16.6. The number of benzene rings is 1. The van der Waals surface area contributed by atoms with Gasteiger partial charge in [-0.3, -0.25) is 0 Å². The van der Waals surface area contributed by atoms with Crippen molar-refractivity contribution in [1.29, 1.82) is 5.26 Å². The fraction of sp³-hybridized carbons (Fsp3) is 0.529. The second kappa shape index (κ2) is 6.57. The molecule has 0 bridgehead atoms. The van der Waals surface area contributed by atoms with Crippen LogP contribution in [0.4, 0.5) is 4.79 Å². The fourth-order valence-electron chi connectivity index (χ4n) is 2.34. The lowest BCUT2D eigenvalue weighted by atomic mass is 10.0. The Morgan fingerprint density at radius 2 is 2.09 bits per heavy atom. The molecule has 1 aliphatic rings. The monoisotopic (exact) mass is 318 g/mol. The van der Waals surface area contributed by atoms with Crippen molar-refractivity contribution < 1.29 is 19.4 Å². The summed E-state index contributed by atoms with van der Waals surface area (Å²) in [6.07, 6.45) is -1.34. The van der Waals surface area contributed by atoms with Crippen LogP contribution in [0.25, 0.3) is 0 Å². The van der Waals surface area contributed by atoms with Crippen LogP contribution in [0.2, 0.25) is 0 Å². The molecule has 6 nitrogen and oxygen atoms in total. The van der Waals surface area contributed by atoms with Crippen LogP contribution < -0.4 is 0 Å². The van der Waals surface area contributed by atoms with E-state index in [2.05, 4.69) is 0 Å². The summed E-state index contributed by atoms with van der Waals surface area (Å²) in [6, 6.07) is 11.3. The quantitative estimate of drug-likeness (QED) is 0.863. The molecule has 0 spiro atoms. The van der Waals surface area contributed by atoms with Crippen LogP contribution in [0, 0.1) is 11.3 Å². The first-order valence-corrected chi connectivity index (χ1v) is 7.50. The zero-order valence-corrected chi connectivity index (χ0v) is 13.7. The molecule has 1 heterocycles. The van der Waals surface area contributed by atoms with Crippen molar-refractivity contribution >= 4 is 6.09 Å². The third kappa shape index (κ3) is 4.44. The van der Waals surface area contributed by atoms with E-state index in [1.807, 2.05) is 36.4 Å². The zero-order chi connectivity index (χ0) is 17.1. The predicted molar refractivity (Wildman–Crippen MR) is 83.4 cm³/mol. The standard InChI is InChI=1S/C17H22N2O4/c1-16(2,3)23-15(20)19-9-14(17(21,11-18)12-19)22-10-13-7-5-4-6-8-13/h4-8,14,21H,9-10,12H2,1-3H3. The number of aliphatic hydroxyl groups is 1. The van der Waals surface area contributed by atoms with Crippen LogP contribution in [0.1, 0.15) is 26.3 Å². The number of rotatable bonds is 3. The number of hydrogen-bond acceptors (Lipinski definition) is 5. The Hall–Kier alpha value is -2.10. The van der Waals surface area contributed by atoms with Crippen molar-refractivity contribution in [3.05, 3.63) is 35.9 Å².